The molecule has 1 aromatic rings. The Kier molecular flexibility index (Phi) is 6.24. The highest BCUT2D eigenvalue weighted by Crippen LogP contribution is 1.99. The van der Waals surface area contributed by atoms with Crippen LogP contribution in [0.1, 0.15) is 23.2 Å². The second-order valence-electron chi connectivity index (χ2n) is 3.99. The quantitative estimate of drug-likeness (QED) is 0.502. The monoisotopic (exact) mass is 284 g/mol. The van der Waals surface area contributed by atoms with Crippen molar-refractivity contribution < 1.29 is 29.0 Å². The van der Waals surface area contributed by atoms with Gasteiger partial charge in [-0.25, -0.2) is 4.79 Å². The van der Waals surface area contributed by atoms with E-state index in [0.717, 1.165) is 0 Å². The number of aliphatic carboxylic acids is 1. The van der Waals surface area contributed by atoms with Crippen molar-refractivity contribution >= 4 is 17.8 Å². The van der Waals surface area contributed by atoms with E-state index >= 15 is 0 Å². The van der Waals surface area contributed by atoms with Crippen molar-refractivity contribution in [2.75, 3.05) is 13.2 Å². The lowest BCUT2D eigenvalue weighted by Crippen LogP contribution is -2.42. The number of rotatable bonds is 8. The van der Waals surface area contributed by atoms with E-state index in [-0.39, 0.29) is 31.9 Å². The fourth-order valence-electron chi connectivity index (χ4n) is 1.44. The van der Waals surface area contributed by atoms with Crippen LogP contribution < -0.4 is 10.6 Å². The van der Waals surface area contributed by atoms with Crippen LogP contribution >= 0.6 is 0 Å². The Balaban J connectivity index is 2.29. The third-order valence-electron chi connectivity index (χ3n) is 2.47. The van der Waals surface area contributed by atoms with Gasteiger partial charge in [-0.1, -0.05) is 0 Å². The Morgan fingerprint density at radius 3 is 2.65 bits per heavy atom. The molecule has 0 spiro atoms. The lowest BCUT2D eigenvalue weighted by molar-refractivity contribution is -0.142. The molecule has 2 amide bonds. The zero-order valence-electron chi connectivity index (χ0n) is 10.7. The van der Waals surface area contributed by atoms with Gasteiger partial charge in [-0.05, 0) is 6.07 Å². The van der Waals surface area contributed by atoms with E-state index in [2.05, 4.69) is 10.6 Å². The van der Waals surface area contributed by atoms with Crippen LogP contribution in [-0.4, -0.2) is 47.2 Å². The van der Waals surface area contributed by atoms with Crippen molar-refractivity contribution in [3.63, 3.8) is 0 Å². The molecule has 0 bridgehead atoms. The van der Waals surface area contributed by atoms with Crippen LogP contribution in [0, 0.1) is 0 Å². The zero-order chi connectivity index (χ0) is 15.0. The number of carbonyl (C=O) groups is 3. The molecule has 0 fully saturated rings. The number of aliphatic hydroxyl groups excluding tert-OH is 1. The molecule has 0 aliphatic carbocycles. The molecule has 0 saturated heterocycles. The summed E-state index contributed by atoms with van der Waals surface area (Å²) in [6.45, 7) is -0.268. The van der Waals surface area contributed by atoms with Crippen LogP contribution in [-0.2, 0) is 9.59 Å². The van der Waals surface area contributed by atoms with Gasteiger partial charge in [-0.3, -0.25) is 9.59 Å². The lowest BCUT2D eigenvalue weighted by Gasteiger charge is -2.13. The summed E-state index contributed by atoms with van der Waals surface area (Å²) >= 11 is 0. The van der Waals surface area contributed by atoms with Crippen molar-refractivity contribution in [1.29, 1.82) is 0 Å². The van der Waals surface area contributed by atoms with Gasteiger partial charge < -0.3 is 25.3 Å². The number of nitrogens with one attached hydrogen (secondary N) is 2. The maximum absolute atomic E-state index is 11.5. The minimum absolute atomic E-state index is 0.0567. The Hall–Kier alpha value is -2.35. The number of carboxylic acid groups (broad SMARTS) is 1. The van der Waals surface area contributed by atoms with Gasteiger partial charge in [0.25, 0.3) is 5.91 Å². The summed E-state index contributed by atoms with van der Waals surface area (Å²) in [6.07, 6.45) is 2.51. The Labute approximate surface area is 114 Å². The topological polar surface area (TPSA) is 129 Å². The molecule has 0 unspecified atom stereocenters. The largest absolute Gasteiger partial charge is 0.480 e. The van der Waals surface area contributed by atoms with E-state index in [1.54, 1.807) is 0 Å². The molecular weight excluding hydrogens is 268 g/mol. The lowest BCUT2D eigenvalue weighted by atomic mass is 10.2. The zero-order valence-corrected chi connectivity index (χ0v) is 10.7. The maximum Gasteiger partial charge on any atom is 0.326 e. The highest BCUT2D eigenvalue weighted by Gasteiger charge is 2.19. The minimum atomic E-state index is -1.21. The van der Waals surface area contributed by atoms with Crippen LogP contribution in [0.25, 0.3) is 0 Å². The van der Waals surface area contributed by atoms with Crippen LogP contribution in [0.4, 0.5) is 0 Å². The van der Waals surface area contributed by atoms with Crippen molar-refractivity contribution in [3.8, 4) is 0 Å². The molecule has 0 aliphatic rings. The van der Waals surface area contributed by atoms with E-state index in [0.29, 0.717) is 5.56 Å². The normalized spacial score (nSPS) is 11.7. The molecule has 8 heteroatoms. The average Bonchev–Trinajstić information content (AvgIpc) is 2.91. The van der Waals surface area contributed by atoms with E-state index in [1.807, 2.05) is 0 Å². The molecule has 8 nitrogen and oxygen atoms in total. The Bertz CT molecular complexity index is 457. The van der Waals surface area contributed by atoms with Crippen LogP contribution in [0.5, 0.6) is 0 Å². The number of aliphatic hydroxyl groups is 1. The predicted octanol–water partition coefficient (Wildman–Crippen LogP) is -0.649. The standard InChI is InChI=1S/C12H16N2O6/c15-5-2-9(12(18)19)14-10(16)1-4-13-11(17)8-3-6-20-7-8/h3,6-7,9,15H,1-2,4-5H2,(H,13,17)(H,14,16)(H,18,19)/t9-/m1/s1. The number of carboxylic acids is 1. The number of furan rings is 1. The number of hydrogen-bond acceptors (Lipinski definition) is 5. The molecule has 1 aromatic heterocycles. The molecular formula is C12H16N2O6. The van der Waals surface area contributed by atoms with Crippen molar-refractivity contribution in [3.05, 3.63) is 24.2 Å². The second kappa shape index (κ2) is 7.95. The van der Waals surface area contributed by atoms with Gasteiger partial charge in [0, 0.05) is 26.0 Å². The average molecular weight is 284 g/mol. The van der Waals surface area contributed by atoms with Crippen molar-refractivity contribution in [1.82, 2.24) is 10.6 Å². The SMILES string of the molecule is O=C(CCNC(=O)c1ccoc1)N[C@H](CCO)C(=O)O. The van der Waals surface area contributed by atoms with E-state index in [9.17, 15) is 14.4 Å². The van der Waals surface area contributed by atoms with Gasteiger partial charge in [-0.15, -0.1) is 0 Å². The van der Waals surface area contributed by atoms with Gasteiger partial charge in [0.2, 0.25) is 5.91 Å². The summed E-state index contributed by atoms with van der Waals surface area (Å²) in [5, 5.41) is 22.2. The van der Waals surface area contributed by atoms with Crippen molar-refractivity contribution in [2.24, 2.45) is 0 Å². The van der Waals surface area contributed by atoms with Gasteiger partial charge in [-0.2, -0.15) is 0 Å². The first kappa shape index (κ1) is 15.7. The van der Waals surface area contributed by atoms with Gasteiger partial charge in [0.05, 0.1) is 11.8 Å². The Morgan fingerprint density at radius 2 is 2.10 bits per heavy atom. The summed E-state index contributed by atoms with van der Waals surface area (Å²) in [5.41, 5.74) is 0.342. The highest BCUT2D eigenvalue weighted by molar-refractivity contribution is 5.94. The Morgan fingerprint density at radius 1 is 1.35 bits per heavy atom. The second-order valence-corrected chi connectivity index (χ2v) is 3.99. The number of carbonyl (C=O) groups excluding carboxylic acids is 2. The number of amides is 2. The molecule has 0 aliphatic heterocycles. The smallest absolute Gasteiger partial charge is 0.326 e. The maximum atomic E-state index is 11.5. The van der Waals surface area contributed by atoms with Gasteiger partial charge in [0.1, 0.15) is 12.3 Å². The van der Waals surface area contributed by atoms with Crippen LogP contribution in [0.15, 0.2) is 23.0 Å². The first-order valence-corrected chi connectivity index (χ1v) is 5.98. The third kappa shape index (κ3) is 5.11. The highest BCUT2D eigenvalue weighted by atomic mass is 16.4. The molecule has 110 valence electrons. The molecule has 0 saturated carbocycles. The first-order valence-electron chi connectivity index (χ1n) is 5.98. The predicted molar refractivity (Wildman–Crippen MR) is 66.9 cm³/mol. The molecule has 4 N–H and O–H groups in total. The molecule has 0 aromatic carbocycles. The summed E-state index contributed by atoms with van der Waals surface area (Å²) in [6, 6.07) is 0.356. The van der Waals surface area contributed by atoms with Gasteiger partial charge in [0.15, 0.2) is 0 Å². The molecule has 0 radical (unpaired) electrons. The van der Waals surface area contributed by atoms with Crippen LogP contribution in [0.2, 0.25) is 0 Å². The van der Waals surface area contributed by atoms with Crippen molar-refractivity contribution in [2.45, 2.75) is 18.9 Å². The molecule has 20 heavy (non-hydrogen) atoms. The minimum Gasteiger partial charge on any atom is -0.480 e. The molecule has 1 rings (SSSR count). The van der Waals surface area contributed by atoms with E-state index < -0.39 is 17.9 Å². The van der Waals surface area contributed by atoms with E-state index in [1.165, 1.54) is 18.6 Å². The summed E-state index contributed by atoms with van der Waals surface area (Å²) in [5.74, 6) is -2.11. The molecule has 1 atom stereocenters. The van der Waals surface area contributed by atoms with Crippen LogP contribution in [0.3, 0.4) is 0 Å². The fourth-order valence-corrected chi connectivity index (χ4v) is 1.44. The first-order chi connectivity index (χ1) is 9.54. The van der Waals surface area contributed by atoms with Gasteiger partial charge >= 0.3 is 5.97 Å². The fraction of sp³-hybridized carbons (Fsp3) is 0.417. The van der Waals surface area contributed by atoms with E-state index in [4.69, 9.17) is 14.6 Å². The summed E-state index contributed by atoms with van der Waals surface area (Å²) in [4.78, 5) is 33.7. The number of hydrogen-bond donors (Lipinski definition) is 4. The molecule has 1 heterocycles. The summed E-state index contributed by atoms with van der Waals surface area (Å²) < 4.78 is 4.74. The summed E-state index contributed by atoms with van der Waals surface area (Å²) in [7, 11) is 0. The third-order valence-corrected chi connectivity index (χ3v) is 2.47.